The summed E-state index contributed by atoms with van der Waals surface area (Å²) in [6, 6.07) is 12.3. The number of rotatable bonds is 7. The normalized spacial score (nSPS) is 15.3. The van der Waals surface area contributed by atoms with E-state index >= 15 is 0 Å². The van der Waals surface area contributed by atoms with Gasteiger partial charge in [-0.1, -0.05) is 24.3 Å². The molecule has 8 nitrogen and oxygen atoms in total. The molecule has 1 saturated heterocycles. The molecule has 0 bridgehead atoms. The topological polar surface area (TPSA) is 88.4 Å². The molecule has 0 N–H and O–H groups in total. The Morgan fingerprint density at radius 3 is 2.54 bits per heavy atom. The number of sulfonamides is 1. The van der Waals surface area contributed by atoms with Crippen LogP contribution in [0.25, 0.3) is 10.2 Å². The second-order valence-corrected chi connectivity index (χ2v) is 12.7. The molecule has 3 heterocycles. The van der Waals surface area contributed by atoms with Crippen molar-refractivity contribution in [2.45, 2.75) is 45.1 Å². The molecule has 0 radical (unpaired) electrons. The van der Waals surface area contributed by atoms with Gasteiger partial charge in [-0.3, -0.25) is 14.4 Å². The second kappa shape index (κ2) is 10.4. The van der Waals surface area contributed by atoms with E-state index in [1.807, 2.05) is 26.1 Å². The Kier molecular flexibility index (Phi) is 7.15. The maximum absolute atomic E-state index is 13.7. The number of anilines is 1. The van der Waals surface area contributed by atoms with E-state index in [4.69, 9.17) is 4.98 Å². The van der Waals surface area contributed by atoms with Crippen LogP contribution in [-0.2, 0) is 16.6 Å². The number of aryl methyl sites for hydroxylation is 2. The van der Waals surface area contributed by atoms with Gasteiger partial charge in [0.2, 0.25) is 10.0 Å². The molecule has 194 valence electrons. The van der Waals surface area contributed by atoms with Gasteiger partial charge in [-0.05, 0) is 80.1 Å². The summed E-state index contributed by atoms with van der Waals surface area (Å²) < 4.78 is 30.6. The van der Waals surface area contributed by atoms with Crippen molar-refractivity contribution in [2.24, 2.45) is 5.92 Å². The molecule has 1 amide bonds. The van der Waals surface area contributed by atoms with Gasteiger partial charge in [-0.2, -0.15) is 9.40 Å². The molecule has 10 heteroatoms. The summed E-state index contributed by atoms with van der Waals surface area (Å²) in [5.41, 5.74) is 3.52. The Hall–Kier alpha value is -3.08. The van der Waals surface area contributed by atoms with E-state index < -0.39 is 10.0 Å². The summed E-state index contributed by atoms with van der Waals surface area (Å²) in [5.74, 6) is 0.311. The number of fused-ring (bicyclic) bond motifs is 1. The lowest BCUT2D eigenvalue weighted by atomic mass is 10.0. The molecule has 1 fully saturated rings. The van der Waals surface area contributed by atoms with Gasteiger partial charge >= 0.3 is 0 Å². The highest BCUT2D eigenvalue weighted by molar-refractivity contribution is 7.89. The number of amides is 1. The van der Waals surface area contributed by atoms with E-state index in [1.54, 1.807) is 32.2 Å². The smallest absolute Gasteiger partial charge is 0.260 e. The van der Waals surface area contributed by atoms with Crippen molar-refractivity contribution < 1.29 is 13.2 Å². The standard InChI is InChI=1S/C27H31N5O3S2/c1-19-9-13-31(14-10-19)37(34,35)23-7-5-22(6-8-23)26(33)32(16-15-30-12-4-11-28-30)27-29-25-21(3)17-20(2)18-24(25)36-27/h4-8,11-12,17-19H,9-10,13-16H2,1-3H3. The molecule has 0 aliphatic carbocycles. The third-order valence-corrected chi connectivity index (χ3v) is 9.83. The van der Waals surface area contributed by atoms with Crippen LogP contribution in [0.4, 0.5) is 5.13 Å². The summed E-state index contributed by atoms with van der Waals surface area (Å²) in [5, 5.41) is 4.87. The zero-order chi connectivity index (χ0) is 26.2. The van der Waals surface area contributed by atoms with Crippen molar-refractivity contribution >= 4 is 42.6 Å². The largest absolute Gasteiger partial charge is 0.282 e. The minimum Gasteiger partial charge on any atom is -0.282 e. The molecule has 1 aliphatic heterocycles. The van der Waals surface area contributed by atoms with Crippen molar-refractivity contribution in [1.82, 2.24) is 19.1 Å². The first kappa shape index (κ1) is 25.6. The fourth-order valence-electron chi connectivity index (χ4n) is 4.69. The fourth-order valence-corrected chi connectivity index (χ4v) is 7.33. The second-order valence-electron chi connectivity index (χ2n) is 9.76. The van der Waals surface area contributed by atoms with Crippen molar-refractivity contribution in [3.63, 3.8) is 0 Å². The molecular weight excluding hydrogens is 506 g/mol. The van der Waals surface area contributed by atoms with Crippen molar-refractivity contribution in [3.8, 4) is 0 Å². The fraction of sp³-hybridized carbons (Fsp3) is 0.370. The molecular formula is C27H31N5O3S2. The average Bonchev–Trinajstić information content (AvgIpc) is 3.55. The summed E-state index contributed by atoms with van der Waals surface area (Å²) in [6.07, 6.45) is 5.29. The predicted molar refractivity (Wildman–Crippen MR) is 147 cm³/mol. The number of piperidine rings is 1. The highest BCUT2D eigenvalue weighted by atomic mass is 32.2. The summed E-state index contributed by atoms with van der Waals surface area (Å²) in [6.45, 7) is 8.17. The van der Waals surface area contributed by atoms with E-state index in [2.05, 4.69) is 24.2 Å². The Balaban J connectivity index is 1.43. The molecule has 2 aromatic heterocycles. The van der Waals surface area contributed by atoms with Crippen molar-refractivity contribution in [2.75, 3.05) is 24.5 Å². The average molecular weight is 538 g/mol. The van der Waals surface area contributed by atoms with Crippen LogP contribution in [0.15, 0.2) is 59.8 Å². The zero-order valence-corrected chi connectivity index (χ0v) is 22.9. The molecule has 2 aromatic carbocycles. The molecule has 0 unspecified atom stereocenters. The van der Waals surface area contributed by atoms with E-state index in [1.165, 1.54) is 23.5 Å². The molecule has 5 rings (SSSR count). The number of nitrogens with zero attached hydrogens (tertiary/aromatic N) is 5. The molecule has 0 atom stereocenters. The Bertz CT molecular complexity index is 1500. The first-order chi connectivity index (χ1) is 17.7. The third kappa shape index (κ3) is 5.32. The molecule has 0 saturated carbocycles. The number of benzene rings is 2. The van der Waals surface area contributed by atoms with Crippen molar-refractivity contribution in [1.29, 1.82) is 0 Å². The maximum atomic E-state index is 13.7. The van der Waals surface area contributed by atoms with Gasteiger partial charge in [-0.25, -0.2) is 13.4 Å². The van der Waals surface area contributed by atoms with Gasteiger partial charge < -0.3 is 0 Å². The Morgan fingerprint density at radius 1 is 1.14 bits per heavy atom. The number of hydrogen-bond donors (Lipinski definition) is 0. The quantitative estimate of drug-likeness (QED) is 0.335. The summed E-state index contributed by atoms with van der Waals surface area (Å²) in [4.78, 5) is 20.4. The SMILES string of the molecule is Cc1cc(C)c2nc(N(CCn3cccn3)C(=O)c3ccc(S(=O)(=O)N4CCC(C)CC4)cc3)sc2c1. The number of hydrogen-bond acceptors (Lipinski definition) is 6. The first-order valence-electron chi connectivity index (χ1n) is 12.5. The molecule has 37 heavy (non-hydrogen) atoms. The lowest BCUT2D eigenvalue weighted by Crippen LogP contribution is -2.38. The van der Waals surface area contributed by atoms with Crippen LogP contribution < -0.4 is 4.90 Å². The highest BCUT2D eigenvalue weighted by Gasteiger charge is 2.29. The minimum absolute atomic E-state index is 0.216. The maximum Gasteiger partial charge on any atom is 0.260 e. The summed E-state index contributed by atoms with van der Waals surface area (Å²) in [7, 11) is -3.58. The van der Waals surface area contributed by atoms with Gasteiger partial charge in [0.05, 0.1) is 21.7 Å². The first-order valence-corrected chi connectivity index (χ1v) is 14.8. The Labute approximate surface area is 221 Å². The van der Waals surface area contributed by atoms with Crippen molar-refractivity contribution in [3.05, 3.63) is 71.5 Å². The highest BCUT2D eigenvalue weighted by Crippen LogP contribution is 2.33. The van der Waals surface area contributed by atoms with Gasteiger partial charge in [0, 0.05) is 37.6 Å². The number of thiazole rings is 1. The summed E-state index contributed by atoms with van der Waals surface area (Å²) >= 11 is 1.48. The van der Waals surface area contributed by atoms with E-state index in [0.29, 0.717) is 42.8 Å². The van der Waals surface area contributed by atoms with Crippen LogP contribution in [0.1, 0.15) is 41.3 Å². The van der Waals surface area contributed by atoms with Crippen LogP contribution >= 0.6 is 11.3 Å². The Morgan fingerprint density at radius 2 is 1.86 bits per heavy atom. The van der Waals surface area contributed by atoms with Crippen LogP contribution in [0.5, 0.6) is 0 Å². The van der Waals surface area contributed by atoms with Gasteiger partial charge in [0.25, 0.3) is 5.91 Å². The molecule has 0 spiro atoms. The van der Waals surface area contributed by atoms with Crippen LogP contribution in [0.3, 0.4) is 0 Å². The van der Waals surface area contributed by atoms with Gasteiger partial charge in [0.1, 0.15) is 0 Å². The third-order valence-electron chi connectivity index (χ3n) is 6.89. The number of carbonyl (C=O) groups is 1. The minimum atomic E-state index is -3.58. The lowest BCUT2D eigenvalue weighted by Gasteiger charge is -2.29. The zero-order valence-electron chi connectivity index (χ0n) is 21.3. The van der Waals surface area contributed by atoms with E-state index in [0.717, 1.165) is 34.2 Å². The number of aromatic nitrogens is 3. The van der Waals surface area contributed by atoms with Gasteiger partial charge in [0.15, 0.2) is 5.13 Å². The van der Waals surface area contributed by atoms with Gasteiger partial charge in [-0.15, -0.1) is 0 Å². The van der Waals surface area contributed by atoms with Crippen LogP contribution in [0.2, 0.25) is 0 Å². The predicted octanol–water partition coefficient (Wildman–Crippen LogP) is 4.88. The lowest BCUT2D eigenvalue weighted by molar-refractivity contribution is 0.0985. The van der Waals surface area contributed by atoms with Crippen LogP contribution in [0, 0.1) is 19.8 Å². The molecule has 4 aromatic rings. The van der Waals surface area contributed by atoms with Crippen LogP contribution in [-0.4, -0.2) is 53.0 Å². The molecule has 1 aliphatic rings. The number of carbonyl (C=O) groups excluding carboxylic acids is 1. The van der Waals surface area contributed by atoms with E-state index in [9.17, 15) is 13.2 Å². The monoisotopic (exact) mass is 537 g/mol. The van der Waals surface area contributed by atoms with E-state index in [-0.39, 0.29) is 10.8 Å².